The molecule has 0 aliphatic heterocycles. The van der Waals surface area contributed by atoms with Gasteiger partial charge < -0.3 is 5.32 Å². The van der Waals surface area contributed by atoms with Crippen molar-refractivity contribution in [2.24, 2.45) is 17.8 Å². The van der Waals surface area contributed by atoms with Crippen molar-refractivity contribution >= 4 is 15.5 Å². The highest BCUT2D eigenvalue weighted by Gasteiger charge is 2.41. The van der Waals surface area contributed by atoms with Crippen LogP contribution in [0.5, 0.6) is 0 Å². The van der Waals surface area contributed by atoms with E-state index in [1.165, 1.54) is 31.9 Å². The Bertz CT molecular complexity index is 547. The van der Waals surface area contributed by atoms with Gasteiger partial charge in [0.15, 0.2) is 9.84 Å². The van der Waals surface area contributed by atoms with Gasteiger partial charge in [-0.15, -0.1) is 0 Å². The molecule has 4 heteroatoms. The molecular weight excluding hydrogens is 258 g/mol. The summed E-state index contributed by atoms with van der Waals surface area (Å²) in [6, 6.07) is 7.22. The molecule has 2 aliphatic carbocycles. The van der Waals surface area contributed by atoms with E-state index >= 15 is 0 Å². The van der Waals surface area contributed by atoms with Crippen LogP contribution in [0.4, 0.5) is 5.69 Å². The van der Waals surface area contributed by atoms with Crippen molar-refractivity contribution in [3.63, 3.8) is 0 Å². The third kappa shape index (κ3) is 3.11. The molecule has 0 atom stereocenters. The molecule has 0 heterocycles. The van der Waals surface area contributed by atoms with Crippen molar-refractivity contribution in [1.82, 2.24) is 0 Å². The number of anilines is 1. The zero-order valence-electron chi connectivity index (χ0n) is 11.3. The summed E-state index contributed by atoms with van der Waals surface area (Å²) in [7, 11) is -3.15. The maximum absolute atomic E-state index is 11.8. The van der Waals surface area contributed by atoms with Crippen LogP contribution in [0, 0.1) is 17.8 Å². The highest BCUT2D eigenvalue weighted by Crippen LogP contribution is 2.49. The molecule has 3 nitrogen and oxygen atoms in total. The second-order valence-electron chi connectivity index (χ2n) is 5.99. The monoisotopic (exact) mass is 279 g/mol. The molecule has 0 spiro atoms. The summed E-state index contributed by atoms with van der Waals surface area (Å²) in [4.78, 5) is 0.417. The van der Waals surface area contributed by atoms with Gasteiger partial charge in [-0.25, -0.2) is 8.42 Å². The fourth-order valence-electron chi connectivity index (χ4n) is 2.93. The summed E-state index contributed by atoms with van der Waals surface area (Å²) in [6.45, 7) is 0.919. The predicted octanol–water partition coefficient (Wildman–Crippen LogP) is 2.94. The third-order valence-electron chi connectivity index (χ3n) is 4.27. The van der Waals surface area contributed by atoms with Gasteiger partial charge in [0.25, 0.3) is 0 Å². The molecular formula is C15H21NO2S. The quantitative estimate of drug-likeness (QED) is 0.871. The number of nitrogens with one attached hydrogen (secondary N) is 1. The molecule has 0 amide bonds. The number of rotatable bonds is 6. The first-order valence-electron chi connectivity index (χ1n) is 7.08. The van der Waals surface area contributed by atoms with Crippen molar-refractivity contribution in [3.05, 3.63) is 24.3 Å². The van der Waals surface area contributed by atoms with Gasteiger partial charge in [0.05, 0.1) is 10.6 Å². The number of hydrogen-bond acceptors (Lipinski definition) is 3. The first-order valence-corrected chi connectivity index (χ1v) is 8.98. The van der Waals surface area contributed by atoms with Gasteiger partial charge in [-0.1, -0.05) is 12.1 Å². The summed E-state index contributed by atoms with van der Waals surface area (Å²) >= 11 is 0. The van der Waals surface area contributed by atoms with Crippen molar-refractivity contribution in [2.75, 3.05) is 18.1 Å². The van der Waals surface area contributed by atoms with E-state index in [1.807, 2.05) is 12.1 Å². The summed E-state index contributed by atoms with van der Waals surface area (Å²) in [5, 5.41) is 3.38. The van der Waals surface area contributed by atoms with Crippen LogP contribution in [-0.4, -0.2) is 21.2 Å². The second kappa shape index (κ2) is 4.82. The summed E-state index contributed by atoms with van der Waals surface area (Å²) in [5.74, 6) is 2.50. The molecule has 1 aromatic carbocycles. The van der Waals surface area contributed by atoms with Crippen LogP contribution in [0.15, 0.2) is 29.2 Å². The molecule has 0 radical (unpaired) electrons. The number of sulfone groups is 1. The average molecular weight is 279 g/mol. The van der Waals surface area contributed by atoms with E-state index in [0.717, 1.165) is 30.0 Å². The standard InChI is InChI=1S/C15H21NO2S/c1-19(17,18)15-5-3-2-4-14(15)16-10-13(11-6-7-11)12-8-9-12/h2-5,11-13,16H,6-10H2,1H3. The number of para-hydroxylation sites is 1. The topological polar surface area (TPSA) is 46.2 Å². The Morgan fingerprint density at radius 2 is 1.74 bits per heavy atom. The minimum Gasteiger partial charge on any atom is -0.384 e. The molecule has 2 fully saturated rings. The van der Waals surface area contributed by atoms with Crippen LogP contribution < -0.4 is 5.32 Å². The van der Waals surface area contributed by atoms with Crippen molar-refractivity contribution in [2.45, 2.75) is 30.6 Å². The Morgan fingerprint density at radius 3 is 2.26 bits per heavy atom. The average Bonchev–Trinajstić information content (AvgIpc) is 3.23. The molecule has 0 saturated heterocycles. The molecule has 2 aliphatic rings. The Labute approximate surface area is 115 Å². The van der Waals surface area contributed by atoms with Gasteiger partial charge in [-0.2, -0.15) is 0 Å². The van der Waals surface area contributed by atoms with Gasteiger partial charge >= 0.3 is 0 Å². The Kier molecular flexibility index (Phi) is 3.29. The summed E-state index contributed by atoms with van der Waals surface area (Å²) in [5.41, 5.74) is 0.760. The van der Waals surface area contributed by atoms with Crippen LogP contribution in [0.3, 0.4) is 0 Å². The summed E-state index contributed by atoms with van der Waals surface area (Å²) < 4.78 is 23.5. The van der Waals surface area contributed by atoms with E-state index in [2.05, 4.69) is 5.32 Å². The van der Waals surface area contributed by atoms with Crippen LogP contribution in [0.2, 0.25) is 0 Å². The van der Waals surface area contributed by atoms with Gasteiger partial charge in [-0.05, 0) is 55.6 Å². The zero-order valence-corrected chi connectivity index (χ0v) is 12.1. The van der Waals surface area contributed by atoms with Gasteiger partial charge in [0.1, 0.15) is 0 Å². The van der Waals surface area contributed by atoms with Crippen molar-refractivity contribution in [1.29, 1.82) is 0 Å². The lowest BCUT2D eigenvalue weighted by Crippen LogP contribution is -2.19. The normalized spacial score (nSPS) is 19.7. The zero-order chi connectivity index (χ0) is 13.5. The predicted molar refractivity (Wildman–Crippen MR) is 77.0 cm³/mol. The lowest BCUT2D eigenvalue weighted by atomic mass is 9.98. The smallest absolute Gasteiger partial charge is 0.177 e. The second-order valence-corrected chi connectivity index (χ2v) is 7.97. The van der Waals surface area contributed by atoms with Crippen LogP contribution in [-0.2, 0) is 9.84 Å². The van der Waals surface area contributed by atoms with E-state index in [0.29, 0.717) is 4.90 Å². The van der Waals surface area contributed by atoms with Gasteiger partial charge in [0.2, 0.25) is 0 Å². The molecule has 1 aromatic rings. The highest BCUT2D eigenvalue weighted by molar-refractivity contribution is 7.90. The van der Waals surface area contributed by atoms with Crippen LogP contribution in [0.1, 0.15) is 25.7 Å². The van der Waals surface area contributed by atoms with E-state index in [1.54, 1.807) is 12.1 Å². The Balaban J connectivity index is 1.72. The van der Waals surface area contributed by atoms with Crippen molar-refractivity contribution < 1.29 is 8.42 Å². The minimum atomic E-state index is -3.15. The molecule has 0 bridgehead atoms. The molecule has 19 heavy (non-hydrogen) atoms. The van der Waals surface area contributed by atoms with Crippen molar-refractivity contribution in [3.8, 4) is 0 Å². The Hall–Kier alpha value is -1.03. The van der Waals surface area contributed by atoms with E-state index in [4.69, 9.17) is 0 Å². The lowest BCUT2D eigenvalue weighted by molar-refractivity contribution is 0.428. The molecule has 3 rings (SSSR count). The fraction of sp³-hybridized carbons (Fsp3) is 0.600. The maximum Gasteiger partial charge on any atom is 0.177 e. The maximum atomic E-state index is 11.8. The van der Waals surface area contributed by atoms with Crippen LogP contribution >= 0.6 is 0 Å². The molecule has 0 unspecified atom stereocenters. The first kappa shape index (κ1) is 13.0. The first-order chi connectivity index (χ1) is 9.05. The Morgan fingerprint density at radius 1 is 1.16 bits per heavy atom. The van der Waals surface area contributed by atoms with Gasteiger partial charge in [0, 0.05) is 12.8 Å². The van der Waals surface area contributed by atoms with Gasteiger partial charge in [-0.3, -0.25) is 0 Å². The van der Waals surface area contributed by atoms with Crippen LogP contribution in [0.25, 0.3) is 0 Å². The summed E-state index contributed by atoms with van der Waals surface area (Å²) in [6.07, 6.45) is 6.70. The highest BCUT2D eigenvalue weighted by atomic mass is 32.2. The lowest BCUT2D eigenvalue weighted by Gasteiger charge is -2.18. The largest absolute Gasteiger partial charge is 0.384 e. The number of benzene rings is 1. The molecule has 2 saturated carbocycles. The number of hydrogen-bond donors (Lipinski definition) is 1. The molecule has 1 N–H and O–H groups in total. The van der Waals surface area contributed by atoms with E-state index < -0.39 is 9.84 Å². The van der Waals surface area contributed by atoms with E-state index in [9.17, 15) is 8.42 Å². The SMILES string of the molecule is CS(=O)(=O)c1ccccc1NCC(C1CC1)C1CC1. The molecule has 104 valence electrons. The van der Waals surface area contributed by atoms with E-state index in [-0.39, 0.29) is 0 Å². The minimum absolute atomic E-state index is 0.417. The third-order valence-corrected chi connectivity index (χ3v) is 5.42. The fourth-order valence-corrected chi connectivity index (χ4v) is 3.80. The molecule has 0 aromatic heterocycles.